The Morgan fingerprint density at radius 2 is 1.76 bits per heavy atom. The fourth-order valence-electron chi connectivity index (χ4n) is 4.86. The molecule has 0 saturated carbocycles. The third kappa shape index (κ3) is 4.75. The Labute approximate surface area is 174 Å². The highest BCUT2D eigenvalue weighted by atomic mass is 19.1. The van der Waals surface area contributed by atoms with Crippen molar-refractivity contribution in [1.29, 1.82) is 0 Å². The van der Waals surface area contributed by atoms with Gasteiger partial charge in [0.2, 0.25) is 5.91 Å². The smallest absolute Gasteiger partial charge is 0.240 e. The van der Waals surface area contributed by atoms with Crippen molar-refractivity contribution >= 4 is 5.91 Å². The highest BCUT2D eigenvalue weighted by molar-refractivity contribution is 5.82. The molecule has 1 aromatic rings. The number of piperidine rings is 1. The summed E-state index contributed by atoms with van der Waals surface area (Å²) >= 11 is 0. The monoisotopic (exact) mass is 406 g/mol. The number of hydrogen-bond donors (Lipinski definition) is 0. The van der Waals surface area contributed by atoms with E-state index in [9.17, 15) is 4.79 Å². The Kier molecular flexibility index (Phi) is 6.84. The molecule has 0 unspecified atom stereocenters. The first-order valence-corrected chi connectivity index (χ1v) is 10.8. The van der Waals surface area contributed by atoms with Crippen LogP contribution in [0.4, 0.5) is 4.39 Å². The molecule has 0 aromatic heterocycles. The fraction of sp³-hybridized carbons (Fsp3) is 0.696. The van der Waals surface area contributed by atoms with Gasteiger partial charge in [0.15, 0.2) is 0 Å². The molecule has 1 amide bonds. The molecule has 1 aromatic carbocycles. The lowest BCUT2D eigenvalue weighted by Gasteiger charge is -2.44. The van der Waals surface area contributed by atoms with Gasteiger partial charge in [-0.3, -0.25) is 9.69 Å². The molecule has 0 bridgehead atoms. The van der Waals surface area contributed by atoms with Crippen molar-refractivity contribution in [3.8, 4) is 5.75 Å². The van der Waals surface area contributed by atoms with Gasteiger partial charge in [0.1, 0.15) is 11.4 Å². The fourth-order valence-corrected chi connectivity index (χ4v) is 4.86. The molecular weight excluding hydrogens is 371 g/mol. The minimum absolute atomic E-state index is 0.109. The quantitative estimate of drug-likeness (QED) is 0.749. The molecule has 3 rings (SSSR count). The molecule has 2 aliphatic rings. The van der Waals surface area contributed by atoms with E-state index >= 15 is 4.39 Å². The van der Waals surface area contributed by atoms with Crippen LogP contribution in [-0.2, 0) is 15.2 Å². The minimum Gasteiger partial charge on any atom is -0.496 e. The SMILES string of the molecule is COc1ccccc1C1(F)CCN(C(=O)[C@H](C(C)C)N2C[C@H](C)O[C@@H](C)C2)CC1. The van der Waals surface area contributed by atoms with Crippen LogP contribution >= 0.6 is 0 Å². The van der Waals surface area contributed by atoms with E-state index in [0.29, 0.717) is 37.2 Å². The highest BCUT2D eigenvalue weighted by Gasteiger charge is 2.42. The van der Waals surface area contributed by atoms with Crippen LogP contribution in [0.25, 0.3) is 0 Å². The second kappa shape index (κ2) is 9.00. The maximum absolute atomic E-state index is 15.8. The predicted octanol–water partition coefficient (Wildman–Crippen LogP) is 3.62. The van der Waals surface area contributed by atoms with E-state index in [4.69, 9.17) is 9.47 Å². The van der Waals surface area contributed by atoms with Crippen LogP contribution < -0.4 is 4.74 Å². The number of morpholine rings is 1. The van der Waals surface area contributed by atoms with E-state index in [2.05, 4.69) is 32.6 Å². The van der Waals surface area contributed by atoms with Crippen LogP contribution in [0, 0.1) is 5.92 Å². The van der Waals surface area contributed by atoms with Gasteiger partial charge in [0, 0.05) is 44.6 Å². The summed E-state index contributed by atoms with van der Waals surface area (Å²) in [4.78, 5) is 17.5. The van der Waals surface area contributed by atoms with Crippen LogP contribution in [0.3, 0.4) is 0 Å². The predicted molar refractivity (Wildman–Crippen MR) is 112 cm³/mol. The number of hydrogen-bond acceptors (Lipinski definition) is 4. The molecule has 162 valence electrons. The lowest BCUT2D eigenvalue weighted by atomic mass is 9.85. The number of carbonyl (C=O) groups is 1. The summed E-state index contributed by atoms with van der Waals surface area (Å²) in [7, 11) is 1.57. The molecule has 5 nitrogen and oxygen atoms in total. The Morgan fingerprint density at radius 3 is 2.31 bits per heavy atom. The molecule has 2 heterocycles. The first kappa shape index (κ1) is 22.0. The topological polar surface area (TPSA) is 42.0 Å². The molecule has 0 N–H and O–H groups in total. The summed E-state index contributed by atoms with van der Waals surface area (Å²) < 4.78 is 27.0. The highest BCUT2D eigenvalue weighted by Crippen LogP contribution is 2.41. The number of nitrogens with zero attached hydrogens (tertiary/aromatic N) is 2. The van der Waals surface area contributed by atoms with Gasteiger partial charge < -0.3 is 14.4 Å². The summed E-state index contributed by atoms with van der Waals surface area (Å²) in [5.41, 5.74) is -0.871. The lowest BCUT2D eigenvalue weighted by molar-refractivity contribution is -0.148. The average molecular weight is 407 g/mol. The molecule has 0 radical (unpaired) electrons. The molecule has 0 aliphatic carbocycles. The minimum atomic E-state index is -1.46. The average Bonchev–Trinajstić information content (AvgIpc) is 2.67. The normalized spacial score (nSPS) is 26.4. The largest absolute Gasteiger partial charge is 0.496 e. The molecule has 0 spiro atoms. The number of methoxy groups -OCH3 is 1. The number of ether oxygens (including phenoxy) is 2. The third-order valence-electron chi connectivity index (χ3n) is 6.18. The summed E-state index contributed by atoms with van der Waals surface area (Å²) in [6.45, 7) is 10.6. The van der Waals surface area contributed by atoms with Gasteiger partial charge in [-0.25, -0.2) is 4.39 Å². The molecule has 29 heavy (non-hydrogen) atoms. The van der Waals surface area contributed by atoms with Crippen LogP contribution in [-0.4, -0.2) is 67.2 Å². The van der Waals surface area contributed by atoms with Gasteiger partial charge in [0.05, 0.1) is 25.4 Å². The van der Waals surface area contributed by atoms with Crippen LogP contribution in [0.15, 0.2) is 24.3 Å². The van der Waals surface area contributed by atoms with E-state index in [1.807, 2.05) is 17.0 Å². The summed E-state index contributed by atoms with van der Waals surface area (Å²) in [6.07, 6.45) is 0.802. The summed E-state index contributed by atoms with van der Waals surface area (Å²) in [5.74, 6) is 0.876. The van der Waals surface area contributed by atoms with Crippen molar-refractivity contribution in [2.24, 2.45) is 5.92 Å². The third-order valence-corrected chi connectivity index (χ3v) is 6.18. The summed E-state index contributed by atoms with van der Waals surface area (Å²) in [6, 6.07) is 7.09. The van der Waals surface area contributed by atoms with Crippen molar-refractivity contribution in [2.45, 2.75) is 64.5 Å². The first-order valence-electron chi connectivity index (χ1n) is 10.8. The van der Waals surface area contributed by atoms with Crippen LogP contribution in [0.5, 0.6) is 5.75 Å². The Morgan fingerprint density at radius 1 is 1.17 bits per heavy atom. The number of carbonyl (C=O) groups excluding carboxylic acids is 1. The van der Waals surface area contributed by atoms with Crippen molar-refractivity contribution in [3.05, 3.63) is 29.8 Å². The lowest BCUT2D eigenvalue weighted by Crippen LogP contribution is -2.58. The molecule has 3 atom stereocenters. The molecule has 2 saturated heterocycles. The maximum Gasteiger partial charge on any atom is 0.240 e. The Balaban J connectivity index is 1.71. The Hall–Kier alpha value is -1.66. The zero-order valence-corrected chi connectivity index (χ0v) is 18.4. The van der Waals surface area contributed by atoms with Crippen molar-refractivity contribution in [2.75, 3.05) is 33.3 Å². The van der Waals surface area contributed by atoms with Crippen molar-refractivity contribution < 1.29 is 18.7 Å². The van der Waals surface area contributed by atoms with Crippen molar-refractivity contribution in [3.63, 3.8) is 0 Å². The van der Waals surface area contributed by atoms with Gasteiger partial charge >= 0.3 is 0 Å². The van der Waals surface area contributed by atoms with E-state index < -0.39 is 5.67 Å². The zero-order valence-electron chi connectivity index (χ0n) is 18.4. The van der Waals surface area contributed by atoms with Crippen LogP contribution in [0.2, 0.25) is 0 Å². The number of halogens is 1. The molecular formula is C23H35FN2O3. The number of para-hydroxylation sites is 1. The standard InChI is InChI=1S/C23H35FN2O3/c1-16(2)21(26-14-17(3)29-18(4)15-26)22(27)25-12-10-23(24,11-13-25)19-8-6-7-9-20(19)28-5/h6-9,16-18,21H,10-15H2,1-5H3/t17-,18-,21-/m0/s1. The Bertz CT molecular complexity index is 693. The van der Waals surface area contributed by atoms with Gasteiger partial charge in [0.25, 0.3) is 0 Å². The van der Waals surface area contributed by atoms with Crippen molar-refractivity contribution in [1.82, 2.24) is 9.80 Å². The number of rotatable bonds is 5. The zero-order chi connectivity index (χ0) is 21.2. The molecule has 6 heteroatoms. The summed E-state index contributed by atoms with van der Waals surface area (Å²) in [5, 5.41) is 0. The van der Waals surface area contributed by atoms with E-state index in [1.54, 1.807) is 19.2 Å². The van der Waals surface area contributed by atoms with E-state index in [-0.39, 0.29) is 30.1 Å². The first-order chi connectivity index (χ1) is 13.7. The van der Waals surface area contributed by atoms with Crippen LogP contribution in [0.1, 0.15) is 46.1 Å². The van der Waals surface area contributed by atoms with E-state index in [0.717, 1.165) is 13.1 Å². The van der Waals surface area contributed by atoms with Gasteiger partial charge in [-0.15, -0.1) is 0 Å². The number of amides is 1. The molecule has 2 aliphatic heterocycles. The second-order valence-corrected chi connectivity index (χ2v) is 8.89. The second-order valence-electron chi connectivity index (χ2n) is 8.89. The number of alkyl halides is 1. The number of likely N-dealkylation sites (tertiary alicyclic amines) is 1. The van der Waals surface area contributed by atoms with Gasteiger partial charge in [-0.05, 0) is 25.8 Å². The maximum atomic E-state index is 15.8. The van der Waals surface area contributed by atoms with E-state index in [1.165, 1.54) is 0 Å². The molecule has 2 fully saturated rings. The van der Waals surface area contributed by atoms with Gasteiger partial charge in [-0.2, -0.15) is 0 Å². The van der Waals surface area contributed by atoms with Gasteiger partial charge in [-0.1, -0.05) is 32.0 Å². The number of benzene rings is 1.